The molecule has 0 aromatic carbocycles. The number of hydrogen-bond donors (Lipinski definition) is 1. The first kappa shape index (κ1) is 18.3. The topological polar surface area (TPSA) is 29.1 Å². The van der Waals surface area contributed by atoms with Gasteiger partial charge in [-0.15, -0.1) is 0 Å². The van der Waals surface area contributed by atoms with Crippen LogP contribution < -0.4 is 5.32 Å². The van der Waals surface area contributed by atoms with Gasteiger partial charge < -0.3 is 5.32 Å². The number of carbonyl (C=O) groups excluding carboxylic acids is 1. The van der Waals surface area contributed by atoms with Crippen LogP contribution in [0.4, 0.5) is 0 Å². The first-order chi connectivity index (χ1) is 5.83. The molecule has 84 valence electrons. The lowest BCUT2D eigenvalue weighted by Crippen LogP contribution is -2.38. The molecule has 0 bridgehead atoms. The van der Waals surface area contributed by atoms with Crippen molar-refractivity contribution in [3.05, 3.63) is 0 Å². The molecule has 1 amide bonds. The van der Waals surface area contributed by atoms with Crippen molar-refractivity contribution in [1.82, 2.24) is 5.32 Å². The molecule has 0 heterocycles. The van der Waals surface area contributed by atoms with E-state index in [0.717, 1.165) is 0 Å². The van der Waals surface area contributed by atoms with Gasteiger partial charge in [-0.05, 0) is 20.8 Å². The average Bonchev–Trinajstić information content (AvgIpc) is 1.87. The smallest absolute Gasteiger partial charge is 0.217 e. The van der Waals surface area contributed by atoms with Gasteiger partial charge in [0.05, 0.1) is 0 Å². The molecule has 0 rings (SSSR count). The van der Waals surface area contributed by atoms with Crippen molar-refractivity contribution in [1.29, 1.82) is 0 Å². The summed E-state index contributed by atoms with van der Waals surface area (Å²) < 4.78 is 0. The Morgan fingerprint density at radius 2 is 1.46 bits per heavy atom. The highest BCUT2D eigenvalue weighted by Crippen LogP contribution is 1.96. The summed E-state index contributed by atoms with van der Waals surface area (Å²) in [7, 11) is 0. The van der Waals surface area contributed by atoms with E-state index in [1.807, 2.05) is 34.6 Å². The fraction of sp³-hybridized carbons (Fsp3) is 0.909. The second-order valence-corrected chi connectivity index (χ2v) is 3.64. The van der Waals surface area contributed by atoms with Crippen LogP contribution in [-0.2, 0) is 4.79 Å². The fourth-order valence-electron chi connectivity index (χ4n) is 0.528. The van der Waals surface area contributed by atoms with Gasteiger partial charge in [0.2, 0.25) is 5.91 Å². The molecule has 0 aliphatic rings. The van der Waals surface area contributed by atoms with Crippen molar-refractivity contribution in [3.63, 3.8) is 0 Å². The Kier molecular flexibility index (Phi) is 16.1. The van der Waals surface area contributed by atoms with E-state index in [9.17, 15) is 4.79 Å². The summed E-state index contributed by atoms with van der Waals surface area (Å²) in [5.41, 5.74) is -0.0775. The molecule has 1 N–H and O–H groups in total. The van der Waals surface area contributed by atoms with E-state index in [0.29, 0.717) is 0 Å². The van der Waals surface area contributed by atoms with Gasteiger partial charge in [-0.3, -0.25) is 4.79 Å². The molecule has 0 unspecified atom stereocenters. The molecule has 13 heavy (non-hydrogen) atoms. The SMILES string of the molecule is CC.CC(=O)NC(C)(C)C.CCC.[HH]. The minimum atomic E-state index is -0.0775. The van der Waals surface area contributed by atoms with Crippen LogP contribution in [0.3, 0.4) is 0 Å². The van der Waals surface area contributed by atoms with Gasteiger partial charge >= 0.3 is 0 Å². The third-order valence-electron chi connectivity index (χ3n) is 0.551. The highest BCUT2D eigenvalue weighted by Gasteiger charge is 2.08. The van der Waals surface area contributed by atoms with E-state index < -0.39 is 0 Å². The lowest BCUT2D eigenvalue weighted by atomic mass is 10.1. The molecular weight excluding hydrogens is 162 g/mol. The van der Waals surface area contributed by atoms with E-state index in [1.54, 1.807) is 0 Å². The fourth-order valence-corrected chi connectivity index (χ4v) is 0.528. The van der Waals surface area contributed by atoms with Gasteiger partial charge in [0.1, 0.15) is 0 Å². The summed E-state index contributed by atoms with van der Waals surface area (Å²) >= 11 is 0. The maximum Gasteiger partial charge on any atom is 0.217 e. The molecular formula is C11H29NO. The molecule has 0 fully saturated rings. The molecule has 0 spiro atoms. The molecule has 0 saturated heterocycles. The van der Waals surface area contributed by atoms with Gasteiger partial charge in [-0.1, -0.05) is 34.1 Å². The van der Waals surface area contributed by atoms with E-state index in [2.05, 4.69) is 19.2 Å². The van der Waals surface area contributed by atoms with Crippen LogP contribution in [0.15, 0.2) is 0 Å². The number of carbonyl (C=O) groups is 1. The monoisotopic (exact) mass is 191 g/mol. The van der Waals surface area contributed by atoms with Crippen LogP contribution in [0.5, 0.6) is 0 Å². The Bertz CT molecular complexity index is 108. The number of nitrogens with one attached hydrogen (secondary N) is 1. The first-order valence-corrected chi connectivity index (χ1v) is 5.12. The van der Waals surface area contributed by atoms with Crippen molar-refractivity contribution in [2.75, 3.05) is 0 Å². The number of hydrogen-bond acceptors (Lipinski definition) is 1. The normalized spacial score (nSPS) is 8.62. The van der Waals surface area contributed by atoms with Gasteiger partial charge in [-0.2, -0.15) is 0 Å². The number of rotatable bonds is 0. The van der Waals surface area contributed by atoms with E-state index in [-0.39, 0.29) is 12.9 Å². The highest BCUT2D eigenvalue weighted by molar-refractivity contribution is 5.73. The Hall–Kier alpha value is -0.530. The maximum atomic E-state index is 10.3. The zero-order valence-electron chi connectivity index (χ0n) is 10.6. The Labute approximate surface area is 85.6 Å². The largest absolute Gasteiger partial charge is 0.352 e. The minimum Gasteiger partial charge on any atom is -0.352 e. The molecule has 2 heteroatoms. The summed E-state index contributed by atoms with van der Waals surface area (Å²) in [6, 6.07) is 0. The number of amides is 1. The van der Waals surface area contributed by atoms with Crippen LogP contribution in [0, 0.1) is 0 Å². The average molecular weight is 191 g/mol. The zero-order valence-corrected chi connectivity index (χ0v) is 10.6. The Morgan fingerprint density at radius 3 is 1.46 bits per heavy atom. The van der Waals surface area contributed by atoms with Gasteiger partial charge in [0, 0.05) is 13.9 Å². The maximum absolute atomic E-state index is 10.3. The van der Waals surface area contributed by atoms with Crippen molar-refractivity contribution in [3.8, 4) is 0 Å². The predicted molar refractivity (Wildman–Crippen MR) is 63.0 cm³/mol. The van der Waals surface area contributed by atoms with Gasteiger partial charge in [0.15, 0.2) is 0 Å². The molecule has 0 radical (unpaired) electrons. The molecule has 2 nitrogen and oxygen atoms in total. The Morgan fingerprint density at radius 1 is 1.23 bits per heavy atom. The molecule has 0 aliphatic carbocycles. The predicted octanol–water partition coefficient (Wildman–Crippen LogP) is 3.61. The second-order valence-electron chi connectivity index (χ2n) is 3.64. The molecule has 0 saturated carbocycles. The lowest BCUT2D eigenvalue weighted by molar-refractivity contribution is -0.120. The summed E-state index contributed by atoms with van der Waals surface area (Å²) in [6.07, 6.45) is 1.25. The van der Waals surface area contributed by atoms with Crippen LogP contribution in [0.2, 0.25) is 0 Å². The van der Waals surface area contributed by atoms with Crippen molar-refractivity contribution in [2.24, 2.45) is 0 Å². The van der Waals surface area contributed by atoms with Crippen LogP contribution in [0.1, 0.15) is 63.2 Å². The van der Waals surface area contributed by atoms with Crippen LogP contribution >= 0.6 is 0 Å². The summed E-state index contributed by atoms with van der Waals surface area (Å²) in [5.74, 6) is 0.0255. The van der Waals surface area contributed by atoms with Crippen LogP contribution in [0.25, 0.3) is 0 Å². The third kappa shape index (κ3) is 51.5. The molecule has 0 atom stereocenters. The quantitative estimate of drug-likeness (QED) is 0.622. The van der Waals surface area contributed by atoms with Crippen molar-refractivity contribution in [2.45, 2.75) is 67.3 Å². The van der Waals surface area contributed by atoms with E-state index >= 15 is 0 Å². The Balaban J connectivity index is -0.0000000716. The van der Waals surface area contributed by atoms with Crippen molar-refractivity contribution < 1.29 is 6.22 Å². The summed E-state index contributed by atoms with van der Waals surface area (Å²) in [5, 5.41) is 2.74. The summed E-state index contributed by atoms with van der Waals surface area (Å²) in [4.78, 5) is 10.3. The molecule has 0 aromatic rings. The minimum absolute atomic E-state index is 0. The van der Waals surface area contributed by atoms with Crippen molar-refractivity contribution >= 4 is 5.91 Å². The molecule has 0 aromatic heterocycles. The zero-order chi connectivity index (χ0) is 11.5. The molecule has 0 aliphatic heterocycles. The lowest BCUT2D eigenvalue weighted by Gasteiger charge is -2.18. The van der Waals surface area contributed by atoms with Gasteiger partial charge in [-0.25, -0.2) is 0 Å². The highest BCUT2D eigenvalue weighted by atomic mass is 16.1. The van der Waals surface area contributed by atoms with E-state index in [4.69, 9.17) is 0 Å². The first-order valence-electron chi connectivity index (χ1n) is 5.12. The van der Waals surface area contributed by atoms with E-state index in [1.165, 1.54) is 13.3 Å². The summed E-state index contributed by atoms with van der Waals surface area (Å²) in [6.45, 7) is 15.6. The standard InChI is InChI=1S/C6H13NO.C3H8.C2H6.H2/c1-5(8)7-6(2,3)4;1-3-2;1-2;/h1-4H3,(H,7,8);3H2,1-2H3;1-2H3;1H. The third-order valence-corrected chi connectivity index (χ3v) is 0.551. The van der Waals surface area contributed by atoms with Gasteiger partial charge in [0.25, 0.3) is 0 Å². The second kappa shape index (κ2) is 11.5. The van der Waals surface area contributed by atoms with Crippen LogP contribution in [-0.4, -0.2) is 11.4 Å².